The van der Waals surface area contributed by atoms with Gasteiger partial charge in [0.15, 0.2) is 11.5 Å². The highest BCUT2D eigenvalue weighted by molar-refractivity contribution is 6.46. The second kappa shape index (κ2) is 9.50. The fourth-order valence-corrected chi connectivity index (χ4v) is 3.80. The molecule has 0 bridgehead atoms. The lowest BCUT2D eigenvalue weighted by molar-refractivity contribution is -0.140. The van der Waals surface area contributed by atoms with E-state index < -0.39 is 17.7 Å². The average molecular weight is 461 g/mol. The highest BCUT2D eigenvalue weighted by atomic mass is 35.5. The number of aliphatic hydroxyl groups is 1. The molecule has 1 heterocycles. The van der Waals surface area contributed by atoms with Crippen LogP contribution in [0.2, 0.25) is 5.02 Å². The van der Waals surface area contributed by atoms with Crippen LogP contribution >= 0.6 is 11.6 Å². The van der Waals surface area contributed by atoms with Gasteiger partial charge in [-0.15, -0.1) is 0 Å². The SMILES string of the molecule is COc1ccc(C2/C(=C(/O)c3ccc(Cl)c(OC)c3)C(=O)C(=O)N2CCN(C)C)cc1O. The van der Waals surface area contributed by atoms with Crippen molar-refractivity contribution in [3.05, 3.63) is 58.1 Å². The van der Waals surface area contributed by atoms with Crippen molar-refractivity contribution in [2.75, 3.05) is 41.4 Å². The van der Waals surface area contributed by atoms with Crippen LogP contribution in [0.15, 0.2) is 42.0 Å². The zero-order valence-electron chi connectivity index (χ0n) is 18.3. The maximum absolute atomic E-state index is 13.0. The number of likely N-dealkylation sites (N-methyl/N-ethyl adjacent to an activating group) is 1. The topological polar surface area (TPSA) is 99.5 Å². The first-order chi connectivity index (χ1) is 15.2. The summed E-state index contributed by atoms with van der Waals surface area (Å²) in [5, 5.41) is 21.7. The largest absolute Gasteiger partial charge is 0.507 e. The van der Waals surface area contributed by atoms with Crippen molar-refractivity contribution in [3.63, 3.8) is 0 Å². The van der Waals surface area contributed by atoms with Gasteiger partial charge in [0.25, 0.3) is 11.7 Å². The lowest BCUT2D eigenvalue weighted by atomic mass is 9.95. The number of nitrogens with zero attached hydrogens (tertiary/aromatic N) is 2. The molecule has 1 aliphatic rings. The summed E-state index contributed by atoms with van der Waals surface area (Å²) in [4.78, 5) is 29.2. The number of ketones is 1. The number of ether oxygens (including phenoxy) is 2. The van der Waals surface area contributed by atoms with E-state index in [1.807, 2.05) is 19.0 Å². The predicted molar refractivity (Wildman–Crippen MR) is 120 cm³/mol. The number of aliphatic hydroxyl groups excluding tert-OH is 1. The Kier molecular flexibility index (Phi) is 6.96. The maximum atomic E-state index is 13.0. The second-order valence-electron chi connectivity index (χ2n) is 7.58. The zero-order chi connectivity index (χ0) is 23.6. The molecular weight excluding hydrogens is 436 g/mol. The van der Waals surface area contributed by atoms with Crippen molar-refractivity contribution in [2.24, 2.45) is 0 Å². The number of aromatic hydroxyl groups is 1. The van der Waals surface area contributed by atoms with Crippen LogP contribution in [0.3, 0.4) is 0 Å². The Labute approximate surface area is 191 Å². The van der Waals surface area contributed by atoms with Crippen molar-refractivity contribution in [1.29, 1.82) is 0 Å². The van der Waals surface area contributed by atoms with E-state index in [4.69, 9.17) is 21.1 Å². The van der Waals surface area contributed by atoms with Crippen molar-refractivity contribution in [3.8, 4) is 17.2 Å². The quantitative estimate of drug-likeness (QED) is 0.372. The number of carbonyl (C=O) groups excluding carboxylic acids is 2. The molecule has 2 aromatic carbocycles. The molecule has 0 aliphatic carbocycles. The molecule has 0 radical (unpaired) electrons. The van der Waals surface area contributed by atoms with Crippen molar-refractivity contribution < 1.29 is 29.3 Å². The van der Waals surface area contributed by atoms with E-state index in [2.05, 4.69) is 0 Å². The van der Waals surface area contributed by atoms with E-state index in [1.54, 1.807) is 12.1 Å². The van der Waals surface area contributed by atoms with E-state index in [0.717, 1.165) is 0 Å². The number of methoxy groups -OCH3 is 2. The van der Waals surface area contributed by atoms with Crippen LogP contribution in [0.5, 0.6) is 17.2 Å². The van der Waals surface area contributed by atoms with Gasteiger partial charge in [0.05, 0.1) is 30.9 Å². The van der Waals surface area contributed by atoms with Crippen molar-refractivity contribution in [2.45, 2.75) is 6.04 Å². The lowest BCUT2D eigenvalue weighted by Gasteiger charge is -2.27. The molecule has 1 aliphatic heterocycles. The van der Waals surface area contributed by atoms with Gasteiger partial charge in [-0.3, -0.25) is 9.59 Å². The summed E-state index contributed by atoms with van der Waals surface area (Å²) in [5.41, 5.74) is 0.658. The normalized spacial score (nSPS) is 17.8. The van der Waals surface area contributed by atoms with Crippen molar-refractivity contribution in [1.82, 2.24) is 9.80 Å². The van der Waals surface area contributed by atoms with Gasteiger partial charge in [0, 0.05) is 18.7 Å². The first-order valence-electron chi connectivity index (χ1n) is 9.83. The van der Waals surface area contributed by atoms with Gasteiger partial charge in [0.1, 0.15) is 11.5 Å². The van der Waals surface area contributed by atoms with Gasteiger partial charge in [-0.2, -0.15) is 0 Å². The molecule has 0 aromatic heterocycles. The van der Waals surface area contributed by atoms with Crippen LogP contribution in [-0.4, -0.2) is 73.1 Å². The predicted octanol–water partition coefficient (Wildman–Crippen LogP) is 3.05. The van der Waals surface area contributed by atoms with Crippen LogP contribution in [0, 0.1) is 0 Å². The summed E-state index contributed by atoms with van der Waals surface area (Å²) in [7, 11) is 6.56. The summed E-state index contributed by atoms with van der Waals surface area (Å²) in [5.74, 6) is -1.47. The smallest absolute Gasteiger partial charge is 0.295 e. The fourth-order valence-electron chi connectivity index (χ4n) is 3.60. The summed E-state index contributed by atoms with van der Waals surface area (Å²) in [6, 6.07) is 8.28. The van der Waals surface area contributed by atoms with Crippen LogP contribution < -0.4 is 9.47 Å². The highest BCUT2D eigenvalue weighted by Gasteiger charge is 2.46. The minimum Gasteiger partial charge on any atom is -0.507 e. The monoisotopic (exact) mass is 460 g/mol. The summed E-state index contributed by atoms with van der Waals surface area (Å²) in [6.45, 7) is 0.746. The van der Waals surface area contributed by atoms with Gasteiger partial charge >= 0.3 is 0 Å². The number of halogens is 1. The Morgan fingerprint density at radius 1 is 1.09 bits per heavy atom. The third kappa shape index (κ3) is 4.37. The van der Waals surface area contributed by atoms with Gasteiger partial charge in [0.2, 0.25) is 0 Å². The Balaban J connectivity index is 2.19. The number of Topliss-reactive ketones (excluding diaryl/α,β-unsaturated/α-hetero) is 1. The molecule has 1 atom stereocenters. The van der Waals surface area contributed by atoms with E-state index in [-0.39, 0.29) is 34.9 Å². The Hall–Kier alpha value is -3.23. The zero-order valence-corrected chi connectivity index (χ0v) is 19.0. The first-order valence-corrected chi connectivity index (χ1v) is 10.2. The number of rotatable bonds is 7. The van der Waals surface area contributed by atoms with E-state index in [9.17, 15) is 19.8 Å². The summed E-state index contributed by atoms with van der Waals surface area (Å²) in [6.07, 6.45) is 0. The Morgan fingerprint density at radius 2 is 1.78 bits per heavy atom. The number of carbonyl (C=O) groups is 2. The Morgan fingerprint density at radius 3 is 2.38 bits per heavy atom. The third-order valence-corrected chi connectivity index (χ3v) is 5.58. The molecule has 1 amide bonds. The number of benzene rings is 2. The number of phenolic OH excluding ortho intramolecular Hbond substituents is 1. The summed E-state index contributed by atoms with van der Waals surface area (Å²) >= 11 is 6.08. The molecule has 3 rings (SSSR count). The molecular formula is C23H25ClN2O6. The van der Waals surface area contributed by atoms with E-state index >= 15 is 0 Å². The number of amides is 1. The Bertz CT molecular complexity index is 1080. The molecule has 1 saturated heterocycles. The lowest BCUT2D eigenvalue weighted by Crippen LogP contribution is -2.35. The average Bonchev–Trinajstić information content (AvgIpc) is 3.02. The minimum absolute atomic E-state index is 0.0808. The summed E-state index contributed by atoms with van der Waals surface area (Å²) < 4.78 is 10.3. The molecule has 1 fully saturated rings. The maximum Gasteiger partial charge on any atom is 0.295 e. The molecule has 0 saturated carbocycles. The molecule has 9 heteroatoms. The first kappa shape index (κ1) is 23.4. The van der Waals surface area contributed by atoms with Crippen LogP contribution in [0.25, 0.3) is 5.76 Å². The molecule has 32 heavy (non-hydrogen) atoms. The molecule has 2 aromatic rings. The number of phenols is 1. The van der Waals surface area contributed by atoms with Crippen LogP contribution in [0.4, 0.5) is 0 Å². The number of likely N-dealkylation sites (tertiary alicyclic amines) is 1. The standard InChI is InChI=1S/C23H25ClN2O6/c1-25(2)9-10-26-20(13-6-8-17(31-3)16(27)11-13)19(22(29)23(26)30)21(28)14-5-7-15(24)18(12-14)32-4/h5-8,11-12,20,27-28H,9-10H2,1-4H3/b21-19-. The highest BCUT2D eigenvalue weighted by Crippen LogP contribution is 2.42. The van der Waals surface area contributed by atoms with E-state index in [1.165, 1.54) is 43.4 Å². The van der Waals surface area contributed by atoms with Crippen LogP contribution in [0.1, 0.15) is 17.2 Å². The van der Waals surface area contributed by atoms with Gasteiger partial charge < -0.3 is 29.5 Å². The molecule has 170 valence electrons. The third-order valence-electron chi connectivity index (χ3n) is 5.27. The van der Waals surface area contributed by atoms with Gasteiger partial charge in [-0.1, -0.05) is 17.7 Å². The fraction of sp³-hybridized carbons (Fsp3) is 0.304. The number of hydrogen-bond donors (Lipinski definition) is 2. The number of hydrogen-bond acceptors (Lipinski definition) is 7. The molecule has 1 unspecified atom stereocenters. The second-order valence-corrected chi connectivity index (χ2v) is 7.98. The van der Waals surface area contributed by atoms with Gasteiger partial charge in [-0.05, 0) is 50.0 Å². The van der Waals surface area contributed by atoms with E-state index in [0.29, 0.717) is 22.9 Å². The van der Waals surface area contributed by atoms with Gasteiger partial charge in [-0.25, -0.2) is 0 Å². The van der Waals surface area contributed by atoms with Crippen molar-refractivity contribution >= 4 is 29.1 Å². The van der Waals surface area contributed by atoms with Crippen LogP contribution in [-0.2, 0) is 9.59 Å². The molecule has 8 nitrogen and oxygen atoms in total. The molecule has 0 spiro atoms. The molecule has 2 N–H and O–H groups in total. The minimum atomic E-state index is -0.895.